The molecular formula is C18H24F2N2O2. The highest BCUT2D eigenvalue weighted by atomic mass is 19.2. The van der Waals surface area contributed by atoms with Gasteiger partial charge in [0.2, 0.25) is 5.91 Å². The van der Waals surface area contributed by atoms with Gasteiger partial charge in [0, 0.05) is 24.9 Å². The molecule has 4 nitrogen and oxygen atoms in total. The van der Waals surface area contributed by atoms with Gasteiger partial charge in [0.25, 0.3) is 0 Å². The van der Waals surface area contributed by atoms with Crippen molar-refractivity contribution in [2.24, 2.45) is 5.73 Å². The number of fused-ring (bicyclic) bond motifs is 1. The van der Waals surface area contributed by atoms with E-state index in [0.717, 1.165) is 30.4 Å². The first kappa shape index (κ1) is 17.3. The van der Waals surface area contributed by atoms with Crippen LogP contribution in [0.1, 0.15) is 49.1 Å². The fraction of sp³-hybridized carbons (Fsp3) is 0.611. The van der Waals surface area contributed by atoms with E-state index in [-0.39, 0.29) is 30.9 Å². The Hall–Kier alpha value is -1.53. The number of carbonyl (C=O) groups is 1. The standard InChI is InChI=1S/C18H24F2N2O2/c19-15-7-11-4-5-13(14(11)8-16(15)20)17(21)9-18(24)22-6-2-1-3-12(22)10-23/h7-8,12-13,17,23H,1-6,9-10,21H2. The van der Waals surface area contributed by atoms with Crippen molar-refractivity contribution in [3.8, 4) is 0 Å². The monoisotopic (exact) mass is 338 g/mol. The van der Waals surface area contributed by atoms with Crippen LogP contribution in [0.3, 0.4) is 0 Å². The molecule has 0 aromatic heterocycles. The molecule has 1 aliphatic heterocycles. The van der Waals surface area contributed by atoms with Crippen LogP contribution in [-0.4, -0.2) is 41.1 Å². The van der Waals surface area contributed by atoms with Crippen molar-refractivity contribution in [1.29, 1.82) is 0 Å². The summed E-state index contributed by atoms with van der Waals surface area (Å²) in [4.78, 5) is 14.3. The average molecular weight is 338 g/mol. The number of nitrogens with zero attached hydrogens (tertiary/aromatic N) is 1. The van der Waals surface area contributed by atoms with Crippen molar-refractivity contribution in [3.63, 3.8) is 0 Å². The SMILES string of the molecule is NC(CC(=O)N1CCCCC1CO)C1CCc2cc(F)c(F)cc21. The minimum absolute atomic E-state index is 0.0300. The summed E-state index contributed by atoms with van der Waals surface area (Å²) in [6.45, 7) is 0.621. The second-order valence-electron chi connectivity index (χ2n) is 6.90. The Morgan fingerprint density at radius 2 is 2.04 bits per heavy atom. The molecule has 2 aliphatic rings. The molecule has 0 bridgehead atoms. The van der Waals surface area contributed by atoms with Crippen molar-refractivity contribution in [2.75, 3.05) is 13.2 Å². The summed E-state index contributed by atoms with van der Waals surface area (Å²) < 4.78 is 26.9. The van der Waals surface area contributed by atoms with Gasteiger partial charge in [-0.05, 0) is 55.4 Å². The zero-order chi connectivity index (χ0) is 17.3. The quantitative estimate of drug-likeness (QED) is 0.883. The van der Waals surface area contributed by atoms with Gasteiger partial charge in [-0.15, -0.1) is 0 Å². The van der Waals surface area contributed by atoms with Crippen LogP contribution in [0.15, 0.2) is 12.1 Å². The molecule has 3 atom stereocenters. The Labute approximate surface area is 140 Å². The van der Waals surface area contributed by atoms with Crippen LogP contribution < -0.4 is 5.73 Å². The second kappa shape index (κ2) is 7.15. The van der Waals surface area contributed by atoms with Crippen LogP contribution in [0.5, 0.6) is 0 Å². The summed E-state index contributed by atoms with van der Waals surface area (Å²) in [5.74, 6) is -1.89. The summed E-state index contributed by atoms with van der Waals surface area (Å²) in [6, 6.07) is 1.92. The van der Waals surface area contributed by atoms with Gasteiger partial charge < -0.3 is 15.7 Å². The van der Waals surface area contributed by atoms with Crippen LogP contribution in [0.25, 0.3) is 0 Å². The highest BCUT2D eigenvalue weighted by Crippen LogP contribution is 2.37. The lowest BCUT2D eigenvalue weighted by Crippen LogP contribution is -2.47. The van der Waals surface area contributed by atoms with E-state index >= 15 is 0 Å². The van der Waals surface area contributed by atoms with Crippen LogP contribution >= 0.6 is 0 Å². The summed E-state index contributed by atoms with van der Waals surface area (Å²) in [5, 5.41) is 9.44. The second-order valence-corrected chi connectivity index (χ2v) is 6.90. The molecule has 1 fully saturated rings. The van der Waals surface area contributed by atoms with Crippen LogP contribution in [-0.2, 0) is 11.2 Å². The first-order valence-electron chi connectivity index (χ1n) is 8.65. The number of benzene rings is 1. The third-order valence-electron chi connectivity index (χ3n) is 5.39. The van der Waals surface area contributed by atoms with E-state index in [1.807, 2.05) is 0 Å². The lowest BCUT2D eigenvalue weighted by atomic mass is 9.90. The molecule has 1 aliphatic carbocycles. The van der Waals surface area contributed by atoms with E-state index in [2.05, 4.69) is 0 Å². The molecule has 1 saturated heterocycles. The Bertz CT molecular complexity index is 623. The number of hydrogen-bond donors (Lipinski definition) is 2. The first-order chi connectivity index (χ1) is 11.5. The fourth-order valence-corrected chi connectivity index (χ4v) is 4.06. The lowest BCUT2D eigenvalue weighted by Gasteiger charge is -2.35. The summed E-state index contributed by atoms with van der Waals surface area (Å²) >= 11 is 0. The fourth-order valence-electron chi connectivity index (χ4n) is 4.06. The Balaban J connectivity index is 1.69. The number of halogens is 2. The van der Waals surface area contributed by atoms with Crippen molar-refractivity contribution < 1.29 is 18.7 Å². The number of amides is 1. The smallest absolute Gasteiger partial charge is 0.224 e. The number of hydrogen-bond acceptors (Lipinski definition) is 3. The van der Waals surface area contributed by atoms with Gasteiger partial charge in [-0.3, -0.25) is 4.79 Å². The van der Waals surface area contributed by atoms with Crippen molar-refractivity contribution in [2.45, 2.75) is 56.5 Å². The molecule has 3 rings (SSSR count). The van der Waals surface area contributed by atoms with Crippen LogP contribution in [0.4, 0.5) is 8.78 Å². The summed E-state index contributed by atoms with van der Waals surface area (Å²) in [5.41, 5.74) is 7.76. The molecule has 3 N–H and O–H groups in total. The number of aryl methyl sites for hydroxylation is 1. The summed E-state index contributed by atoms with van der Waals surface area (Å²) in [6.07, 6.45) is 4.29. The molecule has 0 saturated carbocycles. The highest BCUT2D eigenvalue weighted by Gasteiger charge is 2.33. The third kappa shape index (κ3) is 3.30. The van der Waals surface area contributed by atoms with E-state index in [4.69, 9.17) is 5.73 Å². The van der Waals surface area contributed by atoms with Gasteiger partial charge >= 0.3 is 0 Å². The van der Waals surface area contributed by atoms with Gasteiger partial charge in [0.15, 0.2) is 11.6 Å². The molecule has 1 aromatic carbocycles. The van der Waals surface area contributed by atoms with Gasteiger partial charge in [-0.1, -0.05) is 0 Å². The van der Waals surface area contributed by atoms with Gasteiger partial charge in [-0.2, -0.15) is 0 Å². The molecular weight excluding hydrogens is 314 g/mol. The normalized spacial score (nSPS) is 24.8. The summed E-state index contributed by atoms with van der Waals surface area (Å²) in [7, 11) is 0. The van der Waals surface area contributed by atoms with E-state index in [0.29, 0.717) is 19.4 Å². The predicted octanol–water partition coefficient (Wildman–Crippen LogP) is 2.09. The first-order valence-corrected chi connectivity index (χ1v) is 8.65. The molecule has 24 heavy (non-hydrogen) atoms. The number of piperidine rings is 1. The Morgan fingerprint density at radius 1 is 1.29 bits per heavy atom. The van der Waals surface area contributed by atoms with Gasteiger partial charge in [0.1, 0.15) is 0 Å². The van der Waals surface area contributed by atoms with E-state index < -0.39 is 17.7 Å². The minimum Gasteiger partial charge on any atom is -0.394 e. The number of carbonyl (C=O) groups excluding carboxylic acids is 1. The molecule has 132 valence electrons. The maximum absolute atomic E-state index is 13.5. The number of rotatable bonds is 4. The topological polar surface area (TPSA) is 66.6 Å². The molecule has 3 unspecified atom stereocenters. The van der Waals surface area contributed by atoms with Crippen LogP contribution in [0, 0.1) is 11.6 Å². The van der Waals surface area contributed by atoms with E-state index in [9.17, 15) is 18.7 Å². The zero-order valence-corrected chi connectivity index (χ0v) is 13.7. The molecule has 0 radical (unpaired) electrons. The average Bonchev–Trinajstić information content (AvgIpc) is 2.97. The molecule has 1 aromatic rings. The largest absolute Gasteiger partial charge is 0.394 e. The lowest BCUT2D eigenvalue weighted by molar-refractivity contribution is -0.136. The van der Waals surface area contributed by atoms with E-state index in [1.165, 1.54) is 12.1 Å². The Morgan fingerprint density at radius 3 is 2.79 bits per heavy atom. The maximum Gasteiger partial charge on any atom is 0.224 e. The maximum atomic E-state index is 13.5. The minimum atomic E-state index is -0.865. The van der Waals surface area contributed by atoms with Gasteiger partial charge in [0.05, 0.1) is 12.6 Å². The number of aliphatic hydroxyl groups excluding tert-OH is 1. The third-order valence-corrected chi connectivity index (χ3v) is 5.39. The molecule has 1 heterocycles. The zero-order valence-electron chi connectivity index (χ0n) is 13.7. The van der Waals surface area contributed by atoms with Crippen molar-refractivity contribution >= 4 is 5.91 Å². The number of aliphatic hydroxyl groups is 1. The predicted molar refractivity (Wildman–Crippen MR) is 86.5 cm³/mol. The molecule has 6 heteroatoms. The van der Waals surface area contributed by atoms with Crippen molar-refractivity contribution in [1.82, 2.24) is 4.90 Å². The molecule has 0 spiro atoms. The number of nitrogens with two attached hydrogens (primary N) is 1. The van der Waals surface area contributed by atoms with Crippen LogP contribution in [0.2, 0.25) is 0 Å². The van der Waals surface area contributed by atoms with Gasteiger partial charge in [-0.25, -0.2) is 8.78 Å². The van der Waals surface area contributed by atoms with E-state index in [1.54, 1.807) is 4.90 Å². The highest BCUT2D eigenvalue weighted by molar-refractivity contribution is 5.77. The molecule has 1 amide bonds. The Kier molecular flexibility index (Phi) is 5.15. The number of likely N-dealkylation sites (tertiary alicyclic amines) is 1. The van der Waals surface area contributed by atoms with Crippen molar-refractivity contribution in [3.05, 3.63) is 34.9 Å².